The molecule has 0 atom stereocenters. The fourth-order valence-electron chi connectivity index (χ4n) is 2.02. The maximum absolute atomic E-state index is 11.6. The molecule has 0 bridgehead atoms. The molecule has 7 heteroatoms. The van der Waals surface area contributed by atoms with E-state index in [0.717, 1.165) is 12.8 Å². The van der Waals surface area contributed by atoms with Crippen molar-refractivity contribution >= 4 is 22.4 Å². The van der Waals surface area contributed by atoms with Gasteiger partial charge in [0.25, 0.3) is 0 Å². The minimum atomic E-state index is -4.53. The number of unbranched alkanes of at least 4 members (excludes halogenated alkanes) is 5. The summed E-state index contributed by atoms with van der Waals surface area (Å²) in [6.07, 6.45) is 9.65. The molecule has 1 aromatic rings. The molecule has 0 spiro atoms. The Morgan fingerprint density at radius 3 is 2.33 bits per heavy atom. The van der Waals surface area contributed by atoms with Crippen LogP contribution < -0.4 is 4.18 Å². The fourth-order valence-corrected chi connectivity index (χ4v) is 2.38. The first kappa shape index (κ1) is 20.2. The number of hydrogen-bond acceptors (Lipinski definition) is 5. The molecule has 0 aromatic heterocycles. The molecule has 0 fully saturated rings. The van der Waals surface area contributed by atoms with Crippen molar-refractivity contribution in [1.29, 1.82) is 0 Å². The van der Waals surface area contributed by atoms with Crippen LogP contribution in [0.2, 0.25) is 0 Å². The number of carbonyl (C=O) groups excluding carboxylic acids is 1. The van der Waals surface area contributed by atoms with Gasteiger partial charge in [-0.15, -0.1) is 0 Å². The lowest BCUT2D eigenvalue weighted by atomic mass is 10.1. The summed E-state index contributed by atoms with van der Waals surface area (Å²) in [7, 11) is -4.53. The van der Waals surface area contributed by atoms with Gasteiger partial charge in [-0.05, 0) is 30.2 Å². The first-order valence-electron chi connectivity index (χ1n) is 8.02. The van der Waals surface area contributed by atoms with Crippen LogP contribution in [-0.4, -0.2) is 25.5 Å². The van der Waals surface area contributed by atoms with Crippen LogP contribution in [0.5, 0.6) is 5.75 Å². The summed E-state index contributed by atoms with van der Waals surface area (Å²) in [5, 5.41) is 0. The predicted molar refractivity (Wildman–Crippen MR) is 92.0 cm³/mol. The number of carbonyl (C=O) groups is 1. The minimum absolute atomic E-state index is 0.0136. The second kappa shape index (κ2) is 10.8. The molecule has 6 nitrogen and oxygen atoms in total. The summed E-state index contributed by atoms with van der Waals surface area (Å²) in [6.45, 7) is 2.58. The standard InChI is InChI=1S/C17H24O6S/c1-2-3-4-5-6-7-14-22-17(18)13-10-15-8-11-16(12-9-15)23-24(19,20)21/h8-13H,2-7,14H2,1H3,(H,19,20,21)/b13-10+. The zero-order chi connectivity index (χ0) is 17.8. The van der Waals surface area contributed by atoms with Gasteiger partial charge in [0.15, 0.2) is 0 Å². The van der Waals surface area contributed by atoms with Gasteiger partial charge >= 0.3 is 16.4 Å². The zero-order valence-corrected chi connectivity index (χ0v) is 14.6. The normalized spacial score (nSPS) is 11.6. The Bertz CT molecular complexity index is 619. The van der Waals surface area contributed by atoms with Crippen molar-refractivity contribution in [2.24, 2.45) is 0 Å². The largest absolute Gasteiger partial charge is 0.463 e. The molecule has 1 N–H and O–H groups in total. The van der Waals surface area contributed by atoms with Crippen LogP contribution in [-0.2, 0) is 19.9 Å². The topological polar surface area (TPSA) is 89.9 Å². The Hall–Kier alpha value is -1.86. The highest BCUT2D eigenvalue weighted by Crippen LogP contribution is 2.14. The van der Waals surface area contributed by atoms with E-state index in [1.807, 2.05) is 0 Å². The molecule has 134 valence electrons. The molecule has 0 saturated heterocycles. The summed E-state index contributed by atoms with van der Waals surface area (Å²) in [5.74, 6) is -0.429. The van der Waals surface area contributed by atoms with E-state index in [1.165, 1.54) is 43.9 Å². The smallest absolute Gasteiger partial charge is 0.446 e. The van der Waals surface area contributed by atoms with Gasteiger partial charge in [-0.3, -0.25) is 4.55 Å². The number of esters is 1. The van der Waals surface area contributed by atoms with Gasteiger partial charge < -0.3 is 8.92 Å². The first-order valence-corrected chi connectivity index (χ1v) is 9.39. The predicted octanol–water partition coefficient (Wildman–Crippen LogP) is 3.79. The third-order valence-corrected chi connectivity index (χ3v) is 3.64. The second-order valence-electron chi connectivity index (χ2n) is 5.35. The number of ether oxygens (including phenoxy) is 1. The Balaban J connectivity index is 2.28. The van der Waals surface area contributed by atoms with E-state index in [1.54, 1.807) is 18.2 Å². The van der Waals surface area contributed by atoms with Crippen LogP contribution in [0.25, 0.3) is 6.08 Å². The fraction of sp³-hybridized carbons (Fsp3) is 0.471. The van der Waals surface area contributed by atoms with Crippen molar-refractivity contribution < 1.29 is 26.7 Å². The number of benzene rings is 1. The lowest BCUT2D eigenvalue weighted by Gasteiger charge is -2.02. The summed E-state index contributed by atoms with van der Waals surface area (Å²) >= 11 is 0. The summed E-state index contributed by atoms with van der Waals surface area (Å²) in [5.41, 5.74) is 0.675. The lowest BCUT2D eigenvalue weighted by Crippen LogP contribution is -2.06. The Morgan fingerprint density at radius 2 is 1.71 bits per heavy atom. The molecule has 0 aliphatic rings. The summed E-state index contributed by atoms with van der Waals surface area (Å²) in [6, 6.07) is 5.85. The van der Waals surface area contributed by atoms with E-state index < -0.39 is 16.4 Å². The van der Waals surface area contributed by atoms with Gasteiger partial charge in [-0.25, -0.2) is 4.79 Å². The zero-order valence-electron chi connectivity index (χ0n) is 13.8. The molecule has 0 amide bonds. The van der Waals surface area contributed by atoms with Gasteiger partial charge in [-0.1, -0.05) is 51.2 Å². The summed E-state index contributed by atoms with van der Waals surface area (Å²) < 4.78 is 39.1. The molecule has 0 radical (unpaired) electrons. The van der Waals surface area contributed by atoms with E-state index >= 15 is 0 Å². The summed E-state index contributed by atoms with van der Waals surface area (Å²) in [4.78, 5) is 11.6. The molecule has 24 heavy (non-hydrogen) atoms. The van der Waals surface area contributed by atoms with Crippen LogP contribution in [0.4, 0.5) is 0 Å². The maximum Gasteiger partial charge on any atom is 0.446 e. The van der Waals surface area contributed by atoms with E-state index in [9.17, 15) is 13.2 Å². The molecule has 1 aromatic carbocycles. The third-order valence-electron chi connectivity index (χ3n) is 3.24. The second-order valence-corrected chi connectivity index (χ2v) is 6.37. The molecular formula is C17H24O6S. The van der Waals surface area contributed by atoms with Crippen molar-refractivity contribution in [3.8, 4) is 5.75 Å². The van der Waals surface area contributed by atoms with Crippen molar-refractivity contribution in [3.05, 3.63) is 35.9 Å². The van der Waals surface area contributed by atoms with E-state index in [-0.39, 0.29) is 5.75 Å². The van der Waals surface area contributed by atoms with Crippen LogP contribution in [0.15, 0.2) is 30.3 Å². The van der Waals surface area contributed by atoms with Crippen LogP contribution in [0.1, 0.15) is 51.0 Å². The highest BCUT2D eigenvalue weighted by atomic mass is 32.3. The minimum Gasteiger partial charge on any atom is -0.463 e. The highest BCUT2D eigenvalue weighted by molar-refractivity contribution is 7.81. The SMILES string of the molecule is CCCCCCCCOC(=O)/C=C/c1ccc(OS(=O)(=O)O)cc1. The van der Waals surface area contributed by atoms with Gasteiger partial charge in [0.2, 0.25) is 0 Å². The maximum atomic E-state index is 11.6. The monoisotopic (exact) mass is 356 g/mol. The lowest BCUT2D eigenvalue weighted by molar-refractivity contribution is -0.137. The van der Waals surface area contributed by atoms with Crippen LogP contribution >= 0.6 is 0 Å². The van der Waals surface area contributed by atoms with Gasteiger partial charge in [-0.2, -0.15) is 8.42 Å². The molecule has 0 aliphatic carbocycles. The van der Waals surface area contributed by atoms with Crippen molar-refractivity contribution in [3.63, 3.8) is 0 Å². The Kier molecular flexibility index (Phi) is 9.11. The van der Waals surface area contributed by atoms with Gasteiger partial charge in [0, 0.05) is 6.08 Å². The van der Waals surface area contributed by atoms with Crippen molar-refractivity contribution in [1.82, 2.24) is 0 Å². The van der Waals surface area contributed by atoms with E-state index in [0.29, 0.717) is 12.2 Å². The van der Waals surface area contributed by atoms with Crippen LogP contribution in [0.3, 0.4) is 0 Å². The van der Waals surface area contributed by atoms with Gasteiger partial charge in [0.1, 0.15) is 5.75 Å². The van der Waals surface area contributed by atoms with Crippen molar-refractivity contribution in [2.45, 2.75) is 45.4 Å². The molecular weight excluding hydrogens is 332 g/mol. The average Bonchev–Trinajstić information content (AvgIpc) is 2.52. The van der Waals surface area contributed by atoms with E-state index in [4.69, 9.17) is 9.29 Å². The third kappa shape index (κ3) is 10.0. The van der Waals surface area contributed by atoms with E-state index in [2.05, 4.69) is 11.1 Å². The molecule has 1 rings (SSSR count). The molecule has 0 unspecified atom stereocenters. The first-order chi connectivity index (χ1) is 11.4. The van der Waals surface area contributed by atoms with Gasteiger partial charge in [0.05, 0.1) is 6.61 Å². The molecule has 0 aliphatic heterocycles. The number of rotatable bonds is 11. The molecule has 0 heterocycles. The number of hydrogen-bond donors (Lipinski definition) is 1. The highest BCUT2D eigenvalue weighted by Gasteiger charge is 2.05. The average molecular weight is 356 g/mol. The Labute approximate surface area is 143 Å². The quantitative estimate of drug-likeness (QED) is 0.281. The molecule has 0 saturated carbocycles. The Morgan fingerprint density at radius 1 is 1.08 bits per heavy atom. The van der Waals surface area contributed by atoms with Crippen LogP contribution in [0, 0.1) is 0 Å². The van der Waals surface area contributed by atoms with Crippen molar-refractivity contribution in [2.75, 3.05) is 6.61 Å².